The van der Waals surface area contributed by atoms with E-state index in [9.17, 15) is 0 Å². The van der Waals surface area contributed by atoms with Gasteiger partial charge in [0.25, 0.3) is 0 Å². The second-order valence-electron chi connectivity index (χ2n) is 4.20. The highest BCUT2D eigenvalue weighted by Crippen LogP contribution is 2.22. The Hall–Kier alpha value is -1.20. The fourth-order valence-corrected chi connectivity index (χ4v) is 2.68. The van der Waals surface area contributed by atoms with E-state index in [1.165, 1.54) is 4.88 Å². The zero-order valence-electron chi connectivity index (χ0n) is 10.6. The largest absolute Gasteiger partial charge is 0.361 e. The molecule has 0 aromatic carbocycles. The number of aryl methyl sites for hydroxylation is 3. The molecule has 1 unspecified atom stereocenters. The van der Waals surface area contributed by atoms with Crippen molar-refractivity contribution in [2.45, 2.75) is 40.3 Å². The summed E-state index contributed by atoms with van der Waals surface area (Å²) in [5.41, 5.74) is 5.11. The normalized spacial score (nSPS) is 12.9. The van der Waals surface area contributed by atoms with Crippen molar-refractivity contribution in [3.8, 4) is 0 Å². The first-order chi connectivity index (χ1) is 8.09. The zero-order chi connectivity index (χ0) is 12.4. The van der Waals surface area contributed by atoms with Gasteiger partial charge in [0, 0.05) is 23.0 Å². The van der Waals surface area contributed by atoms with Crippen LogP contribution in [-0.4, -0.2) is 10.1 Å². The monoisotopic (exact) mass is 251 g/mol. The van der Waals surface area contributed by atoms with E-state index in [4.69, 9.17) is 4.52 Å². The average Bonchev–Trinajstić information content (AvgIpc) is 2.83. The third kappa shape index (κ3) is 2.56. The van der Waals surface area contributed by atoms with E-state index in [2.05, 4.69) is 22.4 Å². The van der Waals surface area contributed by atoms with Gasteiger partial charge in [0.05, 0.1) is 16.9 Å². The second-order valence-corrected chi connectivity index (χ2v) is 5.14. The van der Waals surface area contributed by atoms with E-state index in [0.29, 0.717) is 0 Å². The molecule has 2 aromatic heterocycles. The Morgan fingerprint density at radius 3 is 2.65 bits per heavy atom. The van der Waals surface area contributed by atoms with Gasteiger partial charge in [-0.05, 0) is 27.7 Å². The van der Waals surface area contributed by atoms with Crippen LogP contribution in [0.15, 0.2) is 10.0 Å². The molecule has 0 aliphatic carbocycles. The molecule has 1 N–H and O–H groups in total. The topological polar surface area (TPSA) is 51.0 Å². The molecule has 0 bridgehead atoms. The van der Waals surface area contributed by atoms with Gasteiger partial charge in [-0.3, -0.25) is 0 Å². The van der Waals surface area contributed by atoms with Crippen LogP contribution >= 0.6 is 11.3 Å². The number of rotatable bonds is 4. The molecule has 0 aliphatic heterocycles. The molecule has 0 aliphatic rings. The fourth-order valence-electron chi connectivity index (χ4n) is 1.95. The molecule has 0 saturated heterocycles. The minimum atomic E-state index is 0.239. The molecule has 5 heteroatoms. The van der Waals surface area contributed by atoms with Crippen molar-refractivity contribution in [2.75, 3.05) is 0 Å². The van der Waals surface area contributed by atoms with Crippen LogP contribution in [0.3, 0.4) is 0 Å². The van der Waals surface area contributed by atoms with E-state index in [1.54, 1.807) is 11.3 Å². The first kappa shape index (κ1) is 12.3. The summed E-state index contributed by atoms with van der Waals surface area (Å²) in [5.74, 6) is 0.892. The summed E-state index contributed by atoms with van der Waals surface area (Å²) >= 11 is 1.68. The van der Waals surface area contributed by atoms with Crippen LogP contribution in [0.4, 0.5) is 0 Å². The SMILES string of the molecule is Cc1ncsc1CNC(C)c1c(C)noc1C. The van der Waals surface area contributed by atoms with Crippen molar-refractivity contribution in [3.05, 3.63) is 33.1 Å². The number of hydrogen-bond acceptors (Lipinski definition) is 5. The van der Waals surface area contributed by atoms with Crippen LogP contribution in [-0.2, 0) is 6.54 Å². The van der Waals surface area contributed by atoms with Gasteiger partial charge in [0.15, 0.2) is 0 Å². The van der Waals surface area contributed by atoms with Crippen LogP contribution in [0.5, 0.6) is 0 Å². The number of hydrogen-bond donors (Lipinski definition) is 1. The third-order valence-corrected chi connectivity index (χ3v) is 3.87. The van der Waals surface area contributed by atoms with Gasteiger partial charge in [0.2, 0.25) is 0 Å². The second kappa shape index (κ2) is 4.98. The summed E-state index contributed by atoms with van der Waals surface area (Å²) in [6, 6.07) is 0.239. The molecule has 0 amide bonds. The maximum atomic E-state index is 5.18. The number of thiazole rings is 1. The highest BCUT2D eigenvalue weighted by atomic mass is 32.1. The quantitative estimate of drug-likeness (QED) is 0.907. The van der Waals surface area contributed by atoms with E-state index in [0.717, 1.165) is 29.3 Å². The molecule has 1 atom stereocenters. The molecule has 0 spiro atoms. The van der Waals surface area contributed by atoms with Gasteiger partial charge >= 0.3 is 0 Å². The summed E-state index contributed by atoms with van der Waals surface area (Å²) in [6.07, 6.45) is 0. The van der Waals surface area contributed by atoms with Gasteiger partial charge in [-0.2, -0.15) is 0 Å². The highest BCUT2D eigenvalue weighted by Gasteiger charge is 2.16. The fraction of sp³-hybridized carbons (Fsp3) is 0.500. The van der Waals surface area contributed by atoms with Gasteiger partial charge in [-0.25, -0.2) is 4.98 Å². The lowest BCUT2D eigenvalue weighted by molar-refractivity contribution is 0.390. The average molecular weight is 251 g/mol. The van der Waals surface area contributed by atoms with Gasteiger partial charge < -0.3 is 9.84 Å². The Balaban J connectivity index is 2.03. The molecule has 0 saturated carbocycles. The van der Waals surface area contributed by atoms with Crippen molar-refractivity contribution in [1.29, 1.82) is 0 Å². The molecule has 2 rings (SSSR count). The molecule has 2 aromatic rings. The third-order valence-electron chi connectivity index (χ3n) is 2.94. The van der Waals surface area contributed by atoms with Crippen LogP contribution in [0, 0.1) is 20.8 Å². The smallest absolute Gasteiger partial charge is 0.138 e. The predicted octanol–water partition coefficient (Wildman–Crippen LogP) is 2.91. The van der Waals surface area contributed by atoms with Crippen molar-refractivity contribution < 1.29 is 4.52 Å². The zero-order valence-corrected chi connectivity index (χ0v) is 11.4. The lowest BCUT2D eigenvalue weighted by atomic mass is 10.1. The standard InChI is InChI=1S/C12H17N3OS/c1-7-11(17-6-14-7)5-13-8(2)12-9(3)15-16-10(12)4/h6,8,13H,5H2,1-4H3. The van der Waals surface area contributed by atoms with Gasteiger partial charge in [-0.15, -0.1) is 11.3 Å². The summed E-state index contributed by atoms with van der Waals surface area (Å²) < 4.78 is 5.18. The summed E-state index contributed by atoms with van der Waals surface area (Å²) in [6.45, 7) is 8.92. The van der Waals surface area contributed by atoms with E-state index < -0.39 is 0 Å². The Morgan fingerprint density at radius 1 is 1.35 bits per heavy atom. The Labute approximate surface area is 105 Å². The van der Waals surface area contributed by atoms with Crippen LogP contribution < -0.4 is 5.32 Å². The van der Waals surface area contributed by atoms with Crippen molar-refractivity contribution in [2.24, 2.45) is 0 Å². The highest BCUT2D eigenvalue weighted by molar-refractivity contribution is 7.09. The van der Waals surface area contributed by atoms with Crippen molar-refractivity contribution >= 4 is 11.3 Å². The molecule has 4 nitrogen and oxygen atoms in total. The first-order valence-electron chi connectivity index (χ1n) is 5.64. The maximum absolute atomic E-state index is 5.18. The lowest BCUT2D eigenvalue weighted by Gasteiger charge is -2.12. The number of nitrogens with one attached hydrogen (secondary N) is 1. The Morgan fingerprint density at radius 2 is 2.12 bits per heavy atom. The van der Waals surface area contributed by atoms with E-state index in [-0.39, 0.29) is 6.04 Å². The van der Waals surface area contributed by atoms with Crippen molar-refractivity contribution in [3.63, 3.8) is 0 Å². The van der Waals surface area contributed by atoms with Crippen LogP contribution in [0.1, 0.15) is 40.6 Å². The minimum Gasteiger partial charge on any atom is -0.361 e. The van der Waals surface area contributed by atoms with Crippen LogP contribution in [0.25, 0.3) is 0 Å². The number of nitrogens with zero attached hydrogens (tertiary/aromatic N) is 2. The lowest BCUT2D eigenvalue weighted by Crippen LogP contribution is -2.19. The first-order valence-corrected chi connectivity index (χ1v) is 6.52. The van der Waals surface area contributed by atoms with E-state index in [1.807, 2.05) is 26.3 Å². The molecule has 17 heavy (non-hydrogen) atoms. The van der Waals surface area contributed by atoms with Crippen LogP contribution in [0.2, 0.25) is 0 Å². The summed E-state index contributed by atoms with van der Waals surface area (Å²) in [4.78, 5) is 5.52. The summed E-state index contributed by atoms with van der Waals surface area (Å²) in [5, 5.41) is 7.46. The molecule has 92 valence electrons. The van der Waals surface area contributed by atoms with Crippen molar-refractivity contribution in [1.82, 2.24) is 15.5 Å². The Kier molecular flexibility index (Phi) is 3.59. The molecule has 2 heterocycles. The molecular formula is C12H17N3OS. The predicted molar refractivity (Wildman–Crippen MR) is 68.1 cm³/mol. The number of aromatic nitrogens is 2. The minimum absolute atomic E-state index is 0.239. The molecule has 0 radical (unpaired) electrons. The molecular weight excluding hydrogens is 234 g/mol. The summed E-state index contributed by atoms with van der Waals surface area (Å²) in [7, 11) is 0. The van der Waals surface area contributed by atoms with Gasteiger partial charge in [0.1, 0.15) is 5.76 Å². The van der Waals surface area contributed by atoms with Gasteiger partial charge in [-0.1, -0.05) is 5.16 Å². The maximum Gasteiger partial charge on any atom is 0.138 e. The molecule has 0 fully saturated rings. The Bertz CT molecular complexity index is 484. The van der Waals surface area contributed by atoms with E-state index >= 15 is 0 Å².